The summed E-state index contributed by atoms with van der Waals surface area (Å²) in [6.45, 7) is -0.226. The van der Waals surface area contributed by atoms with Crippen LogP contribution in [-0.4, -0.2) is 32.7 Å². The third-order valence-electron chi connectivity index (χ3n) is 3.19. The van der Waals surface area contributed by atoms with Crippen molar-refractivity contribution < 1.29 is 23.8 Å². The van der Waals surface area contributed by atoms with Crippen LogP contribution in [0.4, 0.5) is 5.69 Å². The van der Waals surface area contributed by atoms with Gasteiger partial charge in [-0.2, -0.15) is 0 Å². The molecule has 1 atom stereocenters. The number of anilines is 1. The Labute approximate surface area is 140 Å². The highest BCUT2D eigenvalue weighted by molar-refractivity contribution is 5.96. The van der Waals surface area contributed by atoms with Gasteiger partial charge in [-0.3, -0.25) is 4.79 Å². The Morgan fingerprint density at radius 2 is 1.79 bits per heavy atom. The molecule has 2 rings (SSSR count). The summed E-state index contributed by atoms with van der Waals surface area (Å²) in [4.78, 5) is 24.3. The maximum Gasteiger partial charge on any atom is 0.333 e. The Balaban J connectivity index is 2.18. The van der Waals surface area contributed by atoms with Gasteiger partial charge in [0.25, 0.3) is 5.91 Å². The predicted molar refractivity (Wildman–Crippen MR) is 88.8 cm³/mol. The summed E-state index contributed by atoms with van der Waals surface area (Å²) in [6, 6.07) is 15.7. The average molecular weight is 329 g/mol. The van der Waals surface area contributed by atoms with Crippen molar-refractivity contribution in [3.8, 4) is 5.75 Å². The fourth-order valence-corrected chi connectivity index (χ4v) is 2.09. The lowest BCUT2D eigenvalue weighted by Crippen LogP contribution is -2.27. The number of carbonyl (C=O) groups excluding carboxylic acids is 2. The van der Waals surface area contributed by atoms with Crippen molar-refractivity contribution in [1.82, 2.24) is 0 Å². The van der Waals surface area contributed by atoms with Crippen molar-refractivity contribution in [3.05, 3.63) is 60.2 Å². The molecule has 0 unspecified atom stereocenters. The fourth-order valence-electron chi connectivity index (χ4n) is 2.09. The van der Waals surface area contributed by atoms with Gasteiger partial charge in [0, 0.05) is 24.4 Å². The number of benzene rings is 2. The van der Waals surface area contributed by atoms with Crippen LogP contribution in [0, 0.1) is 0 Å². The van der Waals surface area contributed by atoms with Crippen molar-refractivity contribution >= 4 is 17.6 Å². The maximum absolute atomic E-state index is 12.6. The highest BCUT2D eigenvalue weighted by Gasteiger charge is 2.25. The molecular formula is C18H19NO5. The third kappa shape index (κ3) is 4.82. The van der Waals surface area contributed by atoms with E-state index >= 15 is 0 Å². The van der Waals surface area contributed by atoms with E-state index in [1.165, 1.54) is 7.11 Å². The molecule has 0 heterocycles. The third-order valence-corrected chi connectivity index (χ3v) is 3.19. The van der Waals surface area contributed by atoms with E-state index in [9.17, 15) is 9.59 Å². The van der Waals surface area contributed by atoms with Crippen LogP contribution in [0.1, 0.15) is 11.7 Å². The van der Waals surface area contributed by atoms with E-state index in [0.29, 0.717) is 17.0 Å². The largest absolute Gasteiger partial charge is 0.497 e. The normalized spacial score (nSPS) is 11.4. The van der Waals surface area contributed by atoms with E-state index in [-0.39, 0.29) is 6.61 Å². The second-order valence-electron chi connectivity index (χ2n) is 4.93. The molecule has 0 radical (unpaired) electrons. The summed E-state index contributed by atoms with van der Waals surface area (Å²) in [7, 11) is 2.93. The highest BCUT2D eigenvalue weighted by atomic mass is 16.6. The molecule has 2 aromatic rings. The van der Waals surface area contributed by atoms with Gasteiger partial charge in [-0.25, -0.2) is 4.79 Å². The first-order chi connectivity index (χ1) is 11.6. The van der Waals surface area contributed by atoms with Crippen LogP contribution >= 0.6 is 0 Å². The number of ether oxygens (including phenoxy) is 3. The van der Waals surface area contributed by atoms with E-state index < -0.39 is 18.0 Å². The van der Waals surface area contributed by atoms with Crippen LogP contribution in [0.25, 0.3) is 0 Å². The molecule has 0 aliphatic carbocycles. The zero-order valence-corrected chi connectivity index (χ0v) is 13.5. The van der Waals surface area contributed by atoms with Crippen molar-refractivity contribution in [3.63, 3.8) is 0 Å². The Morgan fingerprint density at radius 1 is 1.04 bits per heavy atom. The van der Waals surface area contributed by atoms with Crippen LogP contribution in [0.5, 0.6) is 5.75 Å². The number of carbonyl (C=O) groups is 2. The quantitative estimate of drug-likeness (QED) is 0.790. The molecule has 6 heteroatoms. The van der Waals surface area contributed by atoms with Gasteiger partial charge in [-0.05, 0) is 12.1 Å². The summed E-state index contributed by atoms with van der Waals surface area (Å²) in [5.74, 6) is -0.466. The molecule has 6 nitrogen and oxygen atoms in total. The molecule has 1 N–H and O–H groups in total. The standard InChI is InChI=1S/C18H19NO5/c1-22-12-16(20)24-17(13-7-4-3-5-8-13)18(21)19-14-9-6-10-15(11-14)23-2/h3-11,17H,12H2,1-2H3,(H,19,21)/t17-/m1/s1. The highest BCUT2D eigenvalue weighted by Crippen LogP contribution is 2.22. The second-order valence-corrected chi connectivity index (χ2v) is 4.93. The molecule has 24 heavy (non-hydrogen) atoms. The molecule has 0 aromatic heterocycles. The summed E-state index contributed by atoms with van der Waals surface area (Å²) < 4.78 is 15.1. The average Bonchev–Trinajstić information content (AvgIpc) is 2.60. The first kappa shape index (κ1) is 17.5. The van der Waals surface area contributed by atoms with Gasteiger partial charge >= 0.3 is 5.97 Å². The zero-order valence-electron chi connectivity index (χ0n) is 13.5. The SMILES string of the molecule is COCC(=O)O[C@@H](C(=O)Nc1cccc(OC)c1)c1ccccc1. The smallest absolute Gasteiger partial charge is 0.333 e. The van der Waals surface area contributed by atoms with Crippen LogP contribution in [0.3, 0.4) is 0 Å². The van der Waals surface area contributed by atoms with Crippen LogP contribution in [0.15, 0.2) is 54.6 Å². The summed E-state index contributed by atoms with van der Waals surface area (Å²) >= 11 is 0. The molecule has 1 amide bonds. The lowest BCUT2D eigenvalue weighted by molar-refractivity contribution is -0.158. The minimum Gasteiger partial charge on any atom is -0.497 e. The summed E-state index contributed by atoms with van der Waals surface area (Å²) in [6.07, 6.45) is -1.07. The van der Waals surface area contributed by atoms with E-state index in [2.05, 4.69) is 5.32 Å². The first-order valence-corrected chi connectivity index (χ1v) is 7.32. The lowest BCUT2D eigenvalue weighted by atomic mass is 10.1. The van der Waals surface area contributed by atoms with Crippen LogP contribution in [0.2, 0.25) is 0 Å². The zero-order chi connectivity index (χ0) is 17.4. The van der Waals surface area contributed by atoms with E-state index in [1.54, 1.807) is 55.6 Å². The number of hydrogen-bond acceptors (Lipinski definition) is 5. The van der Waals surface area contributed by atoms with Gasteiger partial charge in [0.15, 0.2) is 0 Å². The molecule has 0 saturated heterocycles. The van der Waals surface area contributed by atoms with Gasteiger partial charge < -0.3 is 19.5 Å². The molecule has 0 aliphatic heterocycles. The van der Waals surface area contributed by atoms with E-state index in [4.69, 9.17) is 14.2 Å². The van der Waals surface area contributed by atoms with Crippen molar-refractivity contribution in [2.45, 2.75) is 6.10 Å². The van der Waals surface area contributed by atoms with Crippen LogP contribution in [-0.2, 0) is 19.1 Å². The van der Waals surface area contributed by atoms with Gasteiger partial charge in [0.05, 0.1) is 7.11 Å². The monoisotopic (exact) mass is 329 g/mol. The first-order valence-electron chi connectivity index (χ1n) is 7.32. The van der Waals surface area contributed by atoms with Gasteiger partial charge in [0.1, 0.15) is 12.4 Å². The molecule has 2 aromatic carbocycles. The Hall–Kier alpha value is -2.86. The van der Waals surface area contributed by atoms with Gasteiger partial charge in [-0.1, -0.05) is 36.4 Å². The van der Waals surface area contributed by atoms with Crippen molar-refractivity contribution in [2.75, 3.05) is 26.1 Å². The molecule has 0 aliphatic rings. The topological polar surface area (TPSA) is 73.9 Å². The number of esters is 1. The number of rotatable bonds is 7. The summed E-state index contributed by atoms with van der Waals surface area (Å²) in [5, 5.41) is 2.73. The molecular weight excluding hydrogens is 310 g/mol. The van der Waals surface area contributed by atoms with Crippen molar-refractivity contribution in [2.24, 2.45) is 0 Å². The number of nitrogens with one attached hydrogen (secondary N) is 1. The number of hydrogen-bond donors (Lipinski definition) is 1. The van der Waals surface area contributed by atoms with Crippen molar-refractivity contribution in [1.29, 1.82) is 0 Å². The Bertz CT molecular complexity index is 687. The molecule has 0 spiro atoms. The second kappa shape index (κ2) is 8.69. The Kier molecular flexibility index (Phi) is 6.33. The van der Waals surface area contributed by atoms with E-state index in [1.807, 2.05) is 6.07 Å². The fraction of sp³-hybridized carbons (Fsp3) is 0.222. The minimum absolute atomic E-state index is 0.226. The summed E-state index contributed by atoms with van der Waals surface area (Å²) in [5.41, 5.74) is 1.12. The number of methoxy groups -OCH3 is 2. The Morgan fingerprint density at radius 3 is 2.46 bits per heavy atom. The lowest BCUT2D eigenvalue weighted by Gasteiger charge is -2.18. The van der Waals surface area contributed by atoms with Gasteiger partial charge in [0.2, 0.25) is 6.10 Å². The molecule has 0 saturated carbocycles. The molecule has 126 valence electrons. The number of amides is 1. The predicted octanol–water partition coefficient (Wildman–Crippen LogP) is 2.56. The van der Waals surface area contributed by atoms with E-state index in [0.717, 1.165) is 0 Å². The molecule has 0 bridgehead atoms. The minimum atomic E-state index is -1.07. The maximum atomic E-state index is 12.6. The van der Waals surface area contributed by atoms with Crippen LogP contribution < -0.4 is 10.1 Å². The molecule has 0 fully saturated rings. The van der Waals surface area contributed by atoms with Gasteiger partial charge in [-0.15, -0.1) is 0 Å².